The number of carbonyl (C=O) groups excluding carboxylic acids is 8. The summed E-state index contributed by atoms with van der Waals surface area (Å²) in [4.78, 5) is 93.3. The molecule has 0 fully saturated rings. The normalized spacial score (nSPS) is 9.78. The number of unbranched alkanes of at least 4 members (excludes halogenated alkanes) is 6. The summed E-state index contributed by atoms with van der Waals surface area (Å²) in [7, 11) is 2.56. The van der Waals surface area contributed by atoms with Gasteiger partial charge in [-0.3, -0.25) is 9.69 Å². The molecule has 0 saturated carbocycles. The third-order valence-electron chi connectivity index (χ3n) is 7.47. The molecular formula is C46H82ClN3O18Si. The molecule has 0 bridgehead atoms. The number of alkyl carbamates (subject to hydrolysis) is 1. The Morgan fingerprint density at radius 1 is 0.565 bits per heavy atom. The number of ether oxygens (including phenoxy) is 9. The van der Waals surface area contributed by atoms with Crippen molar-refractivity contribution in [3.05, 3.63) is 50.6 Å². The van der Waals surface area contributed by atoms with Crippen LogP contribution in [0.25, 0.3) is 0 Å². The van der Waals surface area contributed by atoms with Gasteiger partial charge in [-0.05, 0) is 64.7 Å². The Balaban J connectivity index is -0.000000346. The van der Waals surface area contributed by atoms with Gasteiger partial charge in [0.2, 0.25) is 0 Å². The number of hydrogen-bond acceptors (Lipinski definition) is 18. The van der Waals surface area contributed by atoms with Gasteiger partial charge in [0.15, 0.2) is 0 Å². The molecule has 0 unspecified atom stereocenters. The molecule has 0 heterocycles. The van der Waals surface area contributed by atoms with E-state index in [0.29, 0.717) is 38.8 Å². The predicted molar refractivity (Wildman–Crippen MR) is 264 cm³/mol. The molecule has 2 N–H and O–H groups in total. The minimum atomic E-state index is -1.14. The third kappa shape index (κ3) is 56.8. The van der Waals surface area contributed by atoms with Crippen molar-refractivity contribution in [2.75, 3.05) is 100.0 Å². The number of nitrogens with zero attached hydrogens (tertiary/aromatic N) is 2. The second kappa shape index (κ2) is 51.9. The number of hydrogen-bond donors (Lipinski definition) is 2. The van der Waals surface area contributed by atoms with E-state index in [1.807, 2.05) is 0 Å². The number of carbonyl (C=O) groups is 8. The van der Waals surface area contributed by atoms with Crippen LogP contribution in [0.2, 0.25) is 19.6 Å². The number of halogens is 1. The zero-order chi connectivity index (χ0) is 54.4. The molecule has 3 amide bonds. The number of aliphatic hydroxyl groups is 1. The summed E-state index contributed by atoms with van der Waals surface area (Å²) in [6.45, 7) is 23.6. The average molecular weight is 1030 g/mol. The molecule has 0 saturated heterocycles. The van der Waals surface area contributed by atoms with E-state index in [4.69, 9.17) is 60.2 Å². The number of rotatable bonds is 34. The van der Waals surface area contributed by atoms with Gasteiger partial charge >= 0.3 is 48.1 Å². The van der Waals surface area contributed by atoms with Gasteiger partial charge in [-0.1, -0.05) is 53.4 Å². The monoisotopic (exact) mass is 1030 g/mol. The first kappa shape index (κ1) is 70.1. The minimum absolute atomic E-state index is 0.0114. The summed E-state index contributed by atoms with van der Waals surface area (Å²) in [5.74, 6) is -2.49. The molecule has 0 aromatic carbocycles. The van der Waals surface area contributed by atoms with Crippen LogP contribution in [0.3, 0.4) is 0 Å². The lowest BCUT2D eigenvalue weighted by molar-refractivity contribution is -0.145. The van der Waals surface area contributed by atoms with Crippen molar-refractivity contribution in [1.82, 2.24) is 15.1 Å². The first-order valence-corrected chi connectivity index (χ1v) is 26.6. The number of methoxy groups -OCH3 is 1. The van der Waals surface area contributed by atoms with Gasteiger partial charge in [0.1, 0.15) is 33.9 Å². The molecule has 0 aliphatic carbocycles. The van der Waals surface area contributed by atoms with Gasteiger partial charge in [0.25, 0.3) is 0 Å². The zero-order valence-corrected chi connectivity index (χ0v) is 43.8. The average Bonchev–Trinajstić information content (AvgIpc) is 3.34. The standard InChI is InChI=1S/C22H36N2O9.C19H29NO8.C3H9ClSi.CH4O.CH4/c1-5-19(25)30-16-12-23(7-3)21(27)32-14-10-8-9-11-15-33-22(28)24(18-29-4)13-17-31-20(26)6-2;1-3-16(21)25-14-9-10-18(23)26-12-7-5-6-8-13-28-19(24)20-11-15-27-17(22)4-2;1-5(2,3)4;1-2;/h5-6H,1-2,7-18H2,3-4H3;3-4H,1-2,5-15H2,(H,20,24);1-3H3;2H,1H3;1H4/i;;;;1D. The van der Waals surface area contributed by atoms with E-state index in [1.165, 1.54) is 24.3 Å². The van der Waals surface area contributed by atoms with E-state index in [2.05, 4.69) is 51.3 Å². The van der Waals surface area contributed by atoms with E-state index in [9.17, 15) is 38.4 Å². The number of nitrogens with one attached hydrogen (secondary N) is 1. The molecule has 0 aliphatic heterocycles. The highest BCUT2D eigenvalue weighted by Crippen LogP contribution is 2.06. The highest BCUT2D eigenvalue weighted by atomic mass is 35.6. The quantitative estimate of drug-likeness (QED) is 0.0127. The summed E-state index contributed by atoms with van der Waals surface area (Å²) in [6.07, 6.45) is 9.25. The number of likely N-dealkylation sites (N-methyl/N-ethyl adjacent to an activating group) is 1. The maximum atomic E-state index is 12.1. The van der Waals surface area contributed by atoms with Gasteiger partial charge in [-0.25, -0.2) is 33.6 Å². The highest BCUT2D eigenvalue weighted by Gasteiger charge is 2.16. The molecule has 23 heteroatoms. The Morgan fingerprint density at radius 3 is 1.32 bits per heavy atom. The number of aliphatic hydroxyl groups excluding tert-OH is 1. The Hall–Kier alpha value is -5.45. The van der Waals surface area contributed by atoms with Crippen molar-refractivity contribution < 1.29 is 87.5 Å². The first-order chi connectivity index (χ1) is 33.4. The van der Waals surface area contributed by atoms with E-state index in [1.54, 1.807) is 6.92 Å². The Bertz CT molecular complexity index is 1400. The predicted octanol–water partition coefficient (Wildman–Crippen LogP) is 6.87. The molecule has 21 nitrogen and oxygen atoms in total. The Morgan fingerprint density at radius 2 is 0.913 bits per heavy atom. The summed E-state index contributed by atoms with van der Waals surface area (Å²) >= 11 is 5.67. The Kier molecular flexibility index (Phi) is 52.8. The topological polar surface area (TPSA) is 258 Å². The van der Waals surface area contributed by atoms with Crippen LogP contribution in [0.15, 0.2) is 50.6 Å². The molecular weight excluding hydrogens is 946 g/mol. The molecule has 0 atom stereocenters. The van der Waals surface area contributed by atoms with Crippen LogP contribution in [0.5, 0.6) is 0 Å². The minimum Gasteiger partial charge on any atom is -0.466 e. The number of amides is 3. The lowest BCUT2D eigenvalue weighted by Crippen LogP contribution is -2.36. The van der Waals surface area contributed by atoms with Crippen LogP contribution in [0.1, 0.15) is 79.9 Å². The van der Waals surface area contributed by atoms with Crippen LogP contribution in [0, 0.1) is 0 Å². The van der Waals surface area contributed by atoms with Gasteiger partial charge in [-0.15, -0.1) is 0 Å². The fourth-order valence-corrected chi connectivity index (χ4v) is 4.28. The summed E-state index contributed by atoms with van der Waals surface area (Å²) < 4.78 is 50.3. The maximum absolute atomic E-state index is 12.1. The summed E-state index contributed by atoms with van der Waals surface area (Å²) in [5, 5.41) is 9.45. The molecule has 69 heavy (non-hydrogen) atoms. The molecule has 0 spiro atoms. The molecule has 0 radical (unpaired) electrons. The van der Waals surface area contributed by atoms with E-state index in [-0.39, 0.29) is 85.0 Å². The third-order valence-corrected chi connectivity index (χ3v) is 7.47. The second-order valence-corrected chi connectivity index (χ2v) is 21.8. The van der Waals surface area contributed by atoms with Gasteiger partial charge < -0.3 is 58.0 Å². The zero-order valence-electron chi connectivity index (χ0n) is 43.1. The van der Waals surface area contributed by atoms with Crippen molar-refractivity contribution in [2.24, 2.45) is 0 Å². The largest absolute Gasteiger partial charge is 0.466 e. The molecule has 0 aliphatic rings. The lowest BCUT2D eigenvalue weighted by Gasteiger charge is -2.21. The van der Waals surface area contributed by atoms with E-state index >= 15 is 0 Å². The molecule has 0 aromatic heterocycles. The van der Waals surface area contributed by atoms with Crippen molar-refractivity contribution in [3.63, 3.8) is 0 Å². The van der Waals surface area contributed by atoms with E-state index < -0.39 is 49.5 Å². The van der Waals surface area contributed by atoms with Crippen LogP contribution in [-0.2, 0) is 66.6 Å². The van der Waals surface area contributed by atoms with Crippen molar-refractivity contribution in [3.8, 4) is 0 Å². The fourth-order valence-electron chi connectivity index (χ4n) is 4.28. The second-order valence-electron chi connectivity index (χ2n) is 14.3. The summed E-state index contributed by atoms with van der Waals surface area (Å²) in [6, 6.07) is 0. The fraction of sp³-hybridized carbons (Fsp3) is 0.652. The lowest BCUT2D eigenvalue weighted by atomic mass is 10.2. The van der Waals surface area contributed by atoms with E-state index in [0.717, 1.165) is 63.5 Å². The SMILES string of the molecule is C=CC(=O)OCCCC(=O)OCCCCCCOC(=O)NCCOC(=O)C=C.C=CC(=O)OCCN(CC)C(=O)OCCCCCCOC(=O)N(CCOC(=O)C=C)COC.CO.C[Si](C)(C)Cl.[2H]C. The van der Waals surface area contributed by atoms with Crippen LogP contribution < -0.4 is 5.32 Å². The highest BCUT2D eigenvalue weighted by molar-refractivity contribution is 7.18. The van der Waals surface area contributed by atoms with Gasteiger partial charge in [-0.2, -0.15) is 11.1 Å². The van der Waals surface area contributed by atoms with Crippen LogP contribution in [-0.4, -0.2) is 170 Å². The number of esters is 5. The maximum Gasteiger partial charge on any atom is 0.411 e. The Labute approximate surface area is 416 Å². The van der Waals surface area contributed by atoms with Crippen molar-refractivity contribution in [2.45, 2.75) is 98.2 Å². The summed E-state index contributed by atoms with van der Waals surface area (Å²) in [5.41, 5.74) is 0. The van der Waals surface area contributed by atoms with Gasteiger partial charge in [0, 0.05) is 52.9 Å². The molecule has 400 valence electrons. The molecule has 0 rings (SSSR count). The van der Waals surface area contributed by atoms with Crippen LogP contribution in [0.4, 0.5) is 14.4 Å². The first-order valence-electron chi connectivity index (χ1n) is 23.1. The van der Waals surface area contributed by atoms with Crippen molar-refractivity contribution in [1.29, 1.82) is 0 Å². The molecule has 0 aromatic rings. The van der Waals surface area contributed by atoms with Gasteiger partial charge in [0.05, 0.1) is 52.7 Å². The van der Waals surface area contributed by atoms with Crippen molar-refractivity contribution >= 4 is 66.6 Å². The van der Waals surface area contributed by atoms with Crippen LogP contribution >= 0.6 is 11.1 Å². The smallest absolute Gasteiger partial charge is 0.411 e.